The molecule has 0 aliphatic carbocycles. The van der Waals surface area contributed by atoms with E-state index in [1.807, 2.05) is 24.6 Å². The molecule has 1 aliphatic rings. The summed E-state index contributed by atoms with van der Waals surface area (Å²) in [5.41, 5.74) is 2.13. The van der Waals surface area contributed by atoms with Crippen LogP contribution in [0.4, 0.5) is 4.39 Å². The van der Waals surface area contributed by atoms with Crippen molar-refractivity contribution in [1.82, 2.24) is 19.0 Å². The number of aryl methyl sites for hydroxylation is 2. The average Bonchev–Trinajstić information content (AvgIpc) is 2.98. The number of piperidine rings is 1. The number of nitrogens with zero attached hydrogens (tertiary/aromatic N) is 4. The van der Waals surface area contributed by atoms with Crippen molar-refractivity contribution in [2.75, 3.05) is 20.6 Å². The first-order chi connectivity index (χ1) is 13.6. The molecule has 0 N–H and O–H groups in total. The fraction of sp³-hybridized carbons (Fsp3) is 0.500. The molecule has 0 radical (unpaired) electrons. The highest BCUT2D eigenvalue weighted by molar-refractivity contribution is 7.89. The first-order valence-corrected chi connectivity index (χ1v) is 11.1. The van der Waals surface area contributed by atoms with Gasteiger partial charge in [0.25, 0.3) is 5.91 Å². The van der Waals surface area contributed by atoms with Crippen LogP contribution in [0.5, 0.6) is 0 Å². The maximum absolute atomic E-state index is 14.2. The Morgan fingerprint density at radius 3 is 2.59 bits per heavy atom. The van der Waals surface area contributed by atoms with Crippen molar-refractivity contribution in [3.8, 4) is 0 Å². The Balaban J connectivity index is 1.90. The molecule has 29 heavy (non-hydrogen) atoms. The summed E-state index contributed by atoms with van der Waals surface area (Å²) in [6, 6.07) is 5.48. The van der Waals surface area contributed by atoms with Crippen molar-refractivity contribution < 1.29 is 17.6 Å². The Morgan fingerprint density at radius 1 is 1.24 bits per heavy atom. The molecule has 3 rings (SSSR count). The van der Waals surface area contributed by atoms with Crippen LogP contribution in [0.3, 0.4) is 0 Å². The molecular weight excluding hydrogens is 395 g/mol. The summed E-state index contributed by atoms with van der Waals surface area (Å²) >= 11 is 0. The number of hydrogen-bond donors (Lipinski definition) is 0. The lowest BCUT2D eigenvalue weighted by atomic mass is 10.0. The molecule has 7 nitrogen and oxygen atoms in total. The topological polar surface area (TPSA) is 75.5 Å². The smallest absolute Gasteiger partial charge is 0.254 e. The van der Waals surface area contributed by atoms with Crippen LogP contribution in [0.15, 0.2) is 29.2 Å². The molecule has 0 bridgehead atoms. The molecule has 1 aromatic heterocycles. The van der Waals surface area contributed by atoms with Crippen molar-refractivity contribution in [3.05, 3.63) is 47.0 Å². The molecule has 1 aliphatic heterocycles. The van der Waals surface area contributed by atoms with E-state index in [1.54, 1.807) is 4.90 Å². The Hall–Kier alpha value is -2.26. The second-order valence-corrected chi connectivity index (χ2v) is 9.81. The van der Waals surface area contributed by atoms with Crippen LogP contribution in [0.25, 0.3) is 0 Å². The SMILES string of the molecule is Cc1cc(C)n(CC2CCCCN2C(=O)c2ccc(F)c(S(=O)(=O)N(C)C)c2)n1. The zero-order valence-electron chi connectivity index (χ0n) is 17.2. The van der Waals surface area contributed by atoms with E-state index in [-0.39, 0.29) is 17.5 Å². The molecular formula is C20H27FN4O3S. The number of likely N-dealkylation sites (tertiary alicyclic amines) is 1. The van der Waals surface area contributed by atoms with Gasteiger partial charge in [0.2, 0.25) is 10.0 Å². The molecule has 1 saturated heterocycles. The van der Waals surface area contributed by atoms with Gasteiger partial charge < -0.3 is 4.90 Å². The lowest BCUT2D eigenvalue weighted by Crippen LogP contribution is -2.46. The number of rotatable bonds is 5. The molecule has 0 spiro atoms. The van der Waals surface area contributed by atoms with Gasteiger partial charge >= 0.3 is 0 Å². The fourth-order valence-electron chi connectivity index (χ4n) is 3.71. The molecule has 9 heteroatoms. The van der Waals surface area contributed by atoms with Gasteiger partial charge in [-0.2, -0.15) is 5.10 Å². The summed E-state index contributed by atoms with van der Waals surface area (Å²) in [5.74, 6) is -1.15. The summed E-state index contributed by atoms with van der Waals surface area (Å²) in [7, 11) is -1.32. The highest BCUT2D eigenvalue weighted by Crippen LogP contribution is 2.24. The molecule has 1 amide bonds. The fourth-order valence-corrected chi connectivity index (χ4v) is 4.70. The first kappa shape index (κ1) is 21.4. The van der Waals surface area contributed by atoms with Gasteiger partial charge in [-0.05, 0) is 57.4 Å². The van der Waals surface area contributed by atoms with Crippen LogP contribution < -0.4 is 0 Å². The molecule has 1 atom stereocenters. The zero-order chi connectivity index (χ0) is 21.3. The molecule has 2 aromatic rings. The minimum Gasteiger partial charge on any atom is -0.334 e. The Bertz CT molecular complexity index is 1020. The number of sulfonamides is 1. The van der Waals surface area contributed by atoms with Crippen LogP contribution in [0.2, 0.25) is 0 Å². The first-order valence-electron chi connectivity index (χ1n) is 9.65. The maximum Gasteiger partial charge on any atom is 0.254 e. The second-order valence-electron chi connectivity index (χ2n) is 7.69. The lowest BCUT2D eigenvalue weighted by molar-refractivity contribution is 0.0582. The number of halogens is 1. The van der Waals surface area contributed by atoms with Crippen LogP contribution >= 0.6 is 0 Å². The van der Waals surface area contributed by atoms with Gasteiger partial charge in [0.1, 0.15) is 10.7 Å². The molecule has 1 unspecified atom stereocenters. The van der Waals surface area contributed by atoms with E-state index < -0.39 is 20.7 Å². The molecule has 1 aromatic carbocycles. The number of aromatic nitrogens is 2. The number of benzene rings is 1. The van der Waals surface area contributed by atoms with Gasteiger partial charge in [-0.25, -0.2) is 17.1 Å². The van der Waals surface area contributed by atoms with E-state index in [4.69, 9.17) is 0 Å². The van der Waals surface area contributed by atoms with Crippen LogP contribution in [-0.4, -0.2) is 60.0 Å². The highest BCUT2D eigenvalue weighted by atomic mass is 32.2. The lowest BCUT2D eigenvalue weighted by Gasteiger charge is -2.36. The summed E-state index contributed by atoms with van der Waals surface area (Å²) in [4.78, 5) is 14.5. The Morgan fingerprint density at radius 2 is 1.97 bits per heavy atom. The summed E-state index contributed by atoms with van der Waals surface area (Å²) < 4.78 is 41.8. The number of hydrogen-bond acceptors (Lipinski definition) is 4. The van der Waals surface area contributed by atoms with Gasteiger partial charge in [-0.1, -0.05) is 0 Å². The third kappa shape index (κ3) is 4.35. The van der Waals surface area contributed by atoms with Gasteiger partial charge in [0.15, 0.2) is 0 Å². The van der Waals surface area contributed by atoms with E-state index in [9.17, 15) is 17.6 Å². The number of amides is 1. The Kier molecular flexibility index (Phi) is 6.09. The van der Waals surface area contributed by atoms with Crippen LogP contribution in [0, 0.1) is 19.7 Å². The second kappa shape index (κ2) is 8.23. The number of carbonyl (C=O) groups excluding carboxylic acids is 1. The van der Waals surface area contributed by atoms with Crippen molar-refractivity contribution >= 4 is 15.9 Å². The predicted molar refractivity (Wildman–Crippen MR) is 108 cm³/mol. The maximum atomic E-state index is 14.2. The van der Waals surface area contributed by atoms with Gasteiger partial charge in [-0.3, -0.25) is 9.48 Å². The Labute approximate surface area is 171 Å². The van der Waals surface area contributed by atoms with E-state index in [2.05, 4.69) is 5.10 Å². The van der Waals surface area contributed by atoms with Gasteiger partial charge in [0, 0.05) is 31.9 Å². The van der Waals surface area contributed by atoms with E-state index in [0.717, 1.165) is 47.1 Å². The summed E-state index contributed by atoms with van der Waals surface area (Å²) in [6.45, 7) is 5.07. The van der Waals surface area contributed by atoms with E-state index in [1.165, 1.54) is 20.2 Å². The van der Waals surface area contributed by atoms with Crippen molar-refractivity contribution in [2.24, 2.45) is 0 Å². The quantitative estimate of drug-likeness (QED) is 0.742. The third-order valence-corrected chi connectivity index (χ3v) is 7.14. The monoisotopic (exact) mass is 422 g/mol. The number of carbonyl (C=O) groups is 1. The average molecular weight is 423 g/mol. The van der Waals surface area contributed by atoms with Gasteiger partial charge in [0.05, 0.1) is 18.3 Å². The minimum atomic E-state index is -3.99. The third-order valence-electron chi connectivity index (χ3n) is 5.31. The van der Waals surface area contributed by atoms with Crippen LogP contribution in [0.1, 0.15) is 41.0 Å². The minimum absolute atomic E-state index is 0.0480. The van der Waals surface area contributed by atoms with Crippen molar-refractivity contribution in [1.29, 1.82) is 0 Å². The summed E-state index contributed by atoms with van der Waals surface area (Å²) in [6.07, 6.45) is 2.73. The van der Waals surface area contributed by atoms with Crippen molar-refractivity contribution in [3.63, 3.8) is 0 Å². The van der Waals surface area contributed by atoms with E-state index >= 15 is 0 Å². The molecule has 1 fully saturated rings. The van der Waals surface area contributed by atoms with Crippen LogP contribution in [-0.2, 0) is 16.6 Å². The standard InChI is InChI=1S/C20H27FN4O3S/c1-14-11-15(2)25(22-14)13-17-7-5-6-10-24(17)20(26)16-8-9-18(21)19(12-16)29(27,28)23(3)4/h8-9,11-12,17H,5-7,10,13H2,1-4H3. The zero-order valence-corrected chi connectivity index (χ0v) is 18.0. The van der Waals surface area contributed by atoms with Gasteiger partial charge in [-0.15, -0.1) is 0 Å². The predicted octanol–water partition coefficient (Wildman–Crippen LogP) is 2.58. The molecule has 158 valence electrons. The molecule has 2 heterocycles. The van der Waals surface area contributed by atoms with Crippen molar-refractivity contribution in [2.45, 2.75) is 50.6 Å². The summed E-state index contributed by atoms with van der Waals surface area (Å²) in [5, 5.41) is 4.49. The molecule has 0 saturated carbocycles. The van der Waals surface area contributed by atoms with E-state index in [0.29, 0.717) is 13.1 Å². The highest BCUT2D eigenvalue weighted by Gasteiger charge is 2.30. The largest absolute Gasteiger partial charge is 0.334 e. The normalized spacial score (nSPS) is 17.7.